The van der Waals surface area contributed by atoms with Crippen LogP contribution in [0, 0.1) is 0 Å². The molecule has 1 aromatic heterocycles. The zero-order valence-electron chi connectivity index (χ0n) is 10.9. The molecule has 0 spiro atoms. The van der Waals surface area contributed by atoms with E-state index in [1.165, 1.54) is 6.07 Å². The molecule has 2 N–H and O–H groups in total. The van der Waals surface area contributed by atoms with Crippen LogP contribution in [0.4, 0.5) is 5.69 Å². The summed E-state index contributed by atoms with van der Waals surface area (Å²) in [5.74, 6) is -0.253. The van der Waals surface area contributed by atoms with Gasteiger partial charge in [0.05, 0.1) is 15.7 Å². The zero-order valence-corrected chi connectivity index (χ0v) is 12.5. The number of carbonyl (C=O) groups excluding carboxylic acids is 1. The number of carbonyl (C=O) groups is 1. The standard InChI is InChI=1S/C16H11BrN2O2/c17-12-7-6-10(9-15(12)20)16(21)19-14-5-1-4-13-11(14)3-2-8-18-13/h1-9,20H,(H,19,21). The third kappa shape index (κ3) is 2.73. The Balaban J connectivity index is 1.94. The number of nitrogens with one attached hydrogen (secondary N) is 1. The molecule has 0 saturated heterocycles. The monoisotopic (exact) mass is 342 g/mol. The van der Waals surface area contributed by atoms with E-state index in [0.717, 1.165) is 10.9 Å². The summed E-state index contributed by atoms with van der Waals surface area (Å²) >= 11 is 3.19. The van der Waals surface area contributed by atoms with E-state index in [1.54, 1.807) is 18.3 Å². The molecule has 3 rings (SSSR count). The van der Waals surface area contributed by atoms with E-state index < -0.39 is 0 Å². The Labute approximate surface area is 129 Å². The molecule has 4 nitrogen and oxygen atoms in total. The van der Waals surface area contributed by atoms with Gasteiger partial charge in [-0.05, 0) is 58.4 Å². The molecule has 0 aliphatic rings. The number of phenols is 1. The predicted octanol–water partition coefficient (Wildman–Crippen LogP) is 3.96. The van der Waals surface area contributed by atoms with Crippen molar-refractivity contribution in [1.29, 1.82) is 0 Å². The Kier molecular flexibility index (Phi) is 3.58. The van der Waals surface area contributed by atoms with E-state index in [9.17, 15) is 9.90 Å². The highest BCUT2D eigenvalue weighted by Gasteiger charge is 2.10. The molecule has 0 aliphatic heterocycles. The molecule has 3 aromatic rings. The molecule has 0 radical (unpaired) electrons. The third-order valence-electron chi connectivity index (χ3n) is 3.10. The molecular formula is C16H11BrN2O2. The van der Waals surface area contributed by atoms with Crippen LogP contribution in [-0.2, 0) is 0 Å². The van der Waals surface area contributed by atoms with E-state index in [0.29, 0.717) is 15.7 Å². The smallest absolute Gasteiger partial charge is 0.255 e. The summed E-state index contributed by atoms with van der Waals surface area (Å²) in [7, 11) is 0. The summed E-state index contributed by atoms with van der Waals surface area (Å²) in [6.45, 7) is 0. The van der Waals surface area contributed by atoms with Gasteiger partial charge in [0.1, 0.15) is 5.75 Å². The first-order valence-corrected chi connectivity index (χ1v) is 7.08. The largest absolute Gasteiger partial charge is 0.507 e. The van der Waals surface area contributed by atoms with Gasteiger partial charge in [0.2, 0.25) is 0 Å². The molecule has 0 fully saturated rings. The molecule has 1 heterocycles. The normalized spacial score (nSPS) is 10.5. The van der Waals surface area contributed by atoms with Crippen LogP contribution in [-0.4, -0.2) is 16.0 Å². The van der Waals surface area contributed by atoms with Gasteiger partial charge < -0.3 is 10.4 Å². The molecule has 0 aliphatic carbocycles. The Bertz CT molecular complexity index is 828. The van der Waals surface area contributed by atoms with Crippen LogP contribution in [0.3, 0.4) is 0 Å². The molecule has 0 bridgehead atoms. The SMILES string of the molecule is O=C(Nc1cccc2ncccc12)c1ccc(Br)c(O)c1. The van der Waals surface area contributed by atoms with Gasteiger partial charge in [-0.1, -0.05) is 6.07 Å². The number of nitrogens with zero attached hydrogens (tertiary/aromatic N) is 1. The van der Waals surface area contributed by atoms with Crippen LogP contribution >= 0.6 is 15.9 Å². The molecule has 104 valence electrons. The van der Waals surface area contributed by atoms with E-state index >= 15 is 0 Å². The summed E-state index contributed by atoms with van der Waals surface area (Å²) in [5, 5.41) is 13.4. The Morgan fingerprint density at radius 3 is 2.81 bits per heavy atom. The second-order valence-corrected chi connectivity index (χ2v) is 5.35. The van der Waals surface area contributed by atoms with Crippen molar-refractivity contribution in [2.24, 2.45) is 0 Å². The molecule has 2 aromatic carbocycles. The van der Waals surface area contributed by atoms with Crippen LogP contribution in [0.2, 0.25) is 0 Å². The zero-order chi connectivity index (χ0) is 14.8. The van der Waals surface area contributed by atoms with Gasteiger partial charge in [-0.25, -0.2) is 0 Å². The maximum Gasteiger partial charge on any atom is 0.255 e. The second kappa shape index (κ2) is 5.54. The van der Waals surface area contributed by atoms with Crippen molar-refractivity contribution in [3.63, 3.8) is 0 Å². The second-order valence-electron chi connectivity index (χ2n) is 4.50. The summed E-state index contributed by atoms with van der Waals surface area (Å²) in [6.07, 6.45) is 1.71. The average molecular weight is 343 g/mol. The number of aromatic nitrogens is 1. The maximum atomic E-state index is 12.3. The lowest BCUT2D eigenvalue weighted by atomic mass is 10.1. The fraction of sp³-hybridized carbons (Fsp3) is 0. The molecule has 0 atom stereocenters. The fourth-order valence-corrected chi connectivity index (χ4v) is 2.31. The average Bonchev–Trinajstić information content (AvgIpc) is 2.50. The molecule has 0 unspecified atom stereocenters. The highest BCUT2D eigenvalue weighted by atomic mass is 79.9. The lowest BCUT2D eigenvalue weighted by Gasteiger charge is -2.09. The van der Waals surface area contributed by atoms with Gasteiger partial charge in [-0.3, -0.25) is 9.78 Å². The minimum absolute atomic E-state index is 0.0298. The van der Waals surface area contributed by atoms with Crippen molar-refractivity contribution in [2.75, 3.05) is 5.32 Å². The van der Waals surface area contributed by atoms with Crippen molar-refractivity contribution in [1.82, 2.24) is 4.98 Å². The molecule has 21 heavy (non-hydrogen) atoms. The molecule has 0 saturated carbocycles. The summed E-state index contributed by atoms with van der Waals surface area (Å²) in [6, 6.07) is 14.0. The number of amides is 1. The number of rotatable bonds is 2. The molecular weight excluding hydrogens is 332 g/mol. The fourth-order valence-electron chi connectivity index (χ4n) is 2.06. The minimum atomic E-state index is -0.283. The van der Waals surface area contributed by atoms with Gasteiger partial charge in [0.25, 0.3) is 5.91 Å². The van der Waals surface area contributed by atoms with Crippen molar-refractivity contribution < 1.29 is 9.90 Å². The first-order valence-electron chi connectivity index (χ1n) is 6.29. The van der Waals surface area contributed by atoms with Gasteiger partial charge in [-0.15, -0.1) is 0 Å². The van der Waals surface area contributed by atoms with Crippen LogP contribution in [0.5, 0.6) is 5.75 Å². The van der Waals surface area contributed by atoms with Crippen LogP contribution < -0.4 is 5.32 Å². The quantitative estimate of drug-likeness (QED) is 0.741. The molecule has 5 heteroatoms. The first kappa shape index (κ1) is 13.6. The van der Waals surface area contributed by atoms with Crippen LogP contribution in [0.25, 0.3) is 10.9 Å². The van der Waals surface area contributed by atoms with Gasteiger partial charge in [0, 0.05) is 17.1 Å². The van der Waals surface area contributed by atoms with Crippen molar-refractivity contribution in [3.8, 4) is 5.75 Å². The van der Waals surface area contributed by atoms with E-state index in [4.69, 9.17) is 0 Å². The van der Waals surface area contributed by atoms with Crippen molar-refractivity contribution in [2.45, 2.75) is 0 Å². The highest BCUT2D eigenvalue weighted by molar-refractivity contribution is 9.10. The lowest BCUT2D eigenvalue weighted by molar-refractivity contribution is 0.102. The number of hydrogen-bond acceptors (Lipinski definition) is 3. The topological polar surface area (TPSA) is 62.2 Å². The Hall–Kier alpha value is -2.40. The maximum absolute atomic E-state index is 12.3. The number of anilines is 1. The number of fused-ring (bicyclic) bond motifs is 1. The minimum Gasteiger partial charge on any atom is -0.507 e. The summed E-state index contributed by atoms with van der Waals surface area (Å²) in [5.41, 5.74) is 1.89. The van der Waals surface area contributed by atoms with Gasteiger partial charge in [-0.2, -0.15) is 0 Å². The highest BCUT2D eigenvalue weighted by Crippen LogP contribution is 2.26. The lowest BCUT2D eigenvalue weighted by Crippen LogP contribution is -2.12. The number of halogens is 1. The van der Waals surface area contributed by atoms with Gasteiger partial charge in [0.15, 0.2) is 0 Å². The third-order valence-corrected chi connectivity index (χ3v) is 3.77. The van der Waals surface area contributed by atoms with E-state index in [2.05, 4.69) is 26.2 Å². The molecule has 1 amide bonds. The number of benzene rings is 2. The van der Waals surface area contributed by atoms with Gasteiger partial charge >= 0.3 is 0 Å². The predicted molar refractivity (Wildman–Crippen MR) is 85.5 cm³/mol. The van der Waals surface area contributed by atoms with E-state index in [1.807, 2.05) is 30.3 Å². The van der Waals surface area contributed by atoms with Crippen molar-refractivity contribution in [3.05, 3.63) is 64.8 Å². The number of phenolic OH excluding ortho intramolecular Hbond substituents is 1. The Morgan fingerprint density at radius 2 is 2.00 bits per heavy atom. The summed E-state index contributed by atoms with van der Waals surface area (Å²) in [4.78, 5) is 16.5. The number of hydrogen-bond donors (Lipinski definition) is 2. The number of aromatic hydroxyl groups is 1. The Morgan fingerprint density at radius 1 is 1.14 bits per heavy atom. The first-order chi connectivity index (χ1) is 10.1. The number of pyridine rings is 1. The van der Waals surface area contributed by atoms with Crippen molar-refractivity contribution >= 4 is 38.4 Å². The van der Waals surface area contributed by atoms with Crippen LogP contribution in [0.15, 0.2) is 59.2 Å². The van der Waals surface area contributed by atoms with E-state index in [-0.39, 0.29) is 11.7 Å². The van der Waals surface area contributed by atoms with Crippen LogP contribution in [0.1, 0.15) is 10.4 Å². The summed E-state index contributed by atoms with van der Waals surface area (Å²) < 4.78 is 0.549.